The lowest BCUT2D eigenvalue weighted by Gasteiger charge is -2.10. The standard InChI is InChI=1S/C63H37N5O2/c1-3-15-38(16-4-1)61-64-62(40-29-33-54-49(36-40)46-21-9-12-26-53(46)67(54)41-17-5-2-6-18-41)66-63(65-61)48-23-14-28-57-60(48)50-35-39(30-34-55(50)69-57)43-22-13-27-56-59(43)47-32-31-42(37-58(47)70-56)68-51-24-10-7-19-44(51)45-20-8-11-25-52(45)68/h1-37H. The molecule has 7 heteroatoms. The number of fused-ring (bicyclic) bond motifs is 12. The number of aromatic nitrogens is 5. The van der Waals surface area contributed by atoms with E-state index in [0.717, 1.165) is 116 Å². The SMILES string of the molecule is c1ccc(-c2nc(-c3ccc4c(c3)c3ccccc3n4-c3ccccc3)nc(-c3cccc4oc5ccc(-c6cccc7oc8cc(-n9c%10ccccc%10c%10ccccc%109)ccc8c67)cc5c34)n2)cc1. The van der Waals surface area contributed by atoms with Gasteiger partial charge in [0, 0.05) is 77.2 Å². The van der Waals surface area contributed by atoms with Crippen molar-refractivity contribution in [2.75, 3.05) is 0 Å². The predicted molar refractivity (Wildman–Crippen MR) is 285 cm³/mol. The van der Waals surface area contributed by atoms with Gasteiger partial charge in [0.25, 0.3) is 0 Å². The van der Waals surface area contributed by atoms with Crippen LogP contribution in [0.4, 0.5) is 0 Å². The predicted octanol–water partition coefficient (Wildman–Crippen LogP) is 16.5. The van der Waals surface area contributed by atoms with E-state index >= 15 is 0 Å². The van der Waals surface area contributed by atoms with Gasteiger partial charge in [-0.2, -0.15) is 0 Å². The van der Waals surface area contributed by atoms with E-state index in [2.05, 4.69) is 191 Å². The van der Waals surface area contributed by atoms with Crippen LogP contribution >= 0.6 is 0 Å². The molecule has 0 radical (unpaired) electrons. The lowest BCUT2D eigenvalue weighted by molar-refractivity contribution is 0.668. The first-order chi connectivity index (χ1) is 34.7. The van der Waals surface area contributed by atoms with Gasteiger partial charge in [0.05, 0.1) is 22.1 Å². The van der Waals surface area contributed by atoms with Crippen LogP contribution in [0.3, 0.4) is 0 Å². The maximum atomic E-state index is 6.70. The molecule has 0 amide bonds. The van der Waals surface area contributed by atoms with Gasteiger partial charge in [0.15, 0.2) is 17.5 Å². The summed E-state index contributed by atoms with van der Waals surface area (Å²) in [5, 5.41) is 8.78. The van der Waals surface area contributed by atoms with Gasteiger partial charge in [-0.15, -0.1) is 0 Å². The summed E-state index contributed by atoms with van der Waals surface area (Å²) in [5.41, 5.74) is 14.7. The van der Waals surface area contributed by atoms with Crippen LogP contribution in [0.1, 0.15) is 0 Å². The van der Waals surface area contributed by atoms with Crippen LogP contribution in [0, 0.1) is 0 Å². The van der Waals surface area contributed by atoms with Gasteiger partial charge in [-0.25, -0.2) is 15.0 Å². The van der Waals surface area contributed by atoms with Crippen molar-refractivity contribution in [1.82, 2.24) is 24.1 Å². The third-order valence-electron chi connectivity index (χ3n) is 14.0. The smallest absolute Gasteiger partial charge is 0.164 e. The number of furan rings is 2. The van der Waals surface area contributed by atoms with Crippen LogP contribution in [-0.4, -0.2) is 24.1 Å². The molecule has 0 atom stereocenters. The van der Waals surface area contributed by atoms with Crippen molar-refractivity contribution < 1.29 is 8.83 Å². The number of nitrogens with zero attached hydrogens (tertiary/aromatic N) is 5. The normalized spacial score (nSPS) is 12.0. The Labute approximate surface area is 399 Å². The number of hydrogen-bond acceptors (Lipinski definition) is 5. The van der Waals surface area contributed by atoms with Crippen LogP contribution in [-0.2, 0) is 0 Å². The molecule has 7 nitrogen and oxygen atoms in total. The molecular formula is C63H37N5O2. The Morgan fingerprint density at radius 3 is 1.51 bits per heavy atom. The molecule has 0 saturated carbocycles. The number of benzene rings is 10. The molecule has 0 spiro atoms. The van der Waals surface area contributed by atoms with Crippen molar-refractivity contribution in [2.24, 2.45) is 0 Å². The van der Waals surface area contributed by atoms with Crippen molar-refractivity contribution in [3.63, 3.8) is 0 Å². The molecule has 0 aliphatic rings. The van der Waals surface area contributed by atoms with Crippen molar-refractivity contribution in [2.45, 2.75) is 0 Å². The highest BCUT2D eigenvalue weighted by Crippen LogP contribution is 2.43. The molecule has 0 aliphatic heterocycles. The Morgan fingerprint density at radius 2 is 0.800 bits per heavy atom. The summed E-state index contributed by atoms with van der Waals surface area (Å²) in [7, 11) is 0. The lowest BCUT2D eigenvalue weighted by atomic mass is 9.97. The molecule has 15 aromatic rings. The van der Waals surface area contributed by atoms with Crippen LogP contribution in [0.5, 0.6) is 0 Å². The first-order valence-electron chi connectivity index (χ1n) is 23.5. The fourth-order valence-corrected chi connectivity index (χ4v) is 10.9. The zero-order chi connectivity index (χ0) is 45.9. The van der Waals surface area contributed by atoms with Gasteiger partial charge in [0.1, 0.15) is 22.3 Å². The van der Waals surface area contributed by atoms with E-state index in [-0.39, 0.29) is 0 Å². The zero-order valence-corrected chi connectivity index (χ0v) is 37.4. The Morgan fingerprint density at radius 1 is 0.271 bits per heavy atom. The van der Waals surface area contributed by atoms with E-state index in [1.165, 1.54) is 10.8 Å². The molecule has 0 fully saturated rings. The van der Waals surface area contributed by atoms with E-state index in [9.17, 15) is 0 Å². The molecule has 5 aromatic heterocycles. The molecule has 0 bridgehead atoms. The van der Waals surface area contributed by atoms with E-state index in [4.69, 9.17) is 23.8 Å². The quantitative estimate of drug-likeness (QED) is 0.166. The Kier molecular flexibility index (Phi) is 8.23. The van der Waals surface area contributed by atoms with E-state index in [1.807, 2.05) is 42.5 Å². The van der Waals surface area contributed by atoms with Crippen molar-refractivity contribution in [3.05, 3.63) is 224 Å². The van der Waals surface area contributed by atoms with Crippen LogP contribution in [0.15, 0.2) is 233 Å². The van der Waals surface area contributed by atoms with Crippen molar-refractivity contribution in [1.29, 1.82) is 0 Å². The molecule has 0 N–H and O–H groups in total. The van der Waals surface area contributed by atoms with Crippen LogP contribution in [0.25, 0.3) is 144 Å². The summed E-state index contributed by atoms with van der Waals surface area (Å²) in [5.74, 6) is 1.75. The fourth-order valence-electron chi connectivity index (χ4n) is 10.9. The Bertz CT molecular complexity index is 4540. The maximum absolute atomic E-state index is 6.70. The Hall–Kier alpha value is -9.59. The minimum absolute atomic E-state index is 0.566. The van der Waals surface area contributed by atoms with Crippen LogP contribution in [0.2, 0.25) is 0 Å². The van der Waals surface area contributed by atoms with Crippen LogP contribution < -0.4 is 0 Å². The lowest BCUT2D eigenvalue weighted by Crippen LogP contribution is -2.00. The summed E-state index contributed by atoms with van der Waals surface area (Å²) in [6.07, 6.45) is 0. The Balaban J connectivity index is 0.889. The molecule has 5 heterocycles. The first-order valence-corrected chi connectivity index (χ1v) is 23.5. The van der Waals surface area contributed by atoms with E-state index in [1.54, 1.807) is 0 Å². The van der Waals surface area contributed by atoms with Gasteiger partial charge in [-0.1, -0.05) is 133 Å². The van der Waals surface area contributed by atoms with Gasteiger partial charge in [0.2, 0.25) is 0 Å². The summed E-state index contributed by atoms with van der Waals surface area (Å²) in [6, 6.07) is 78.4. The van der Waals surface area contributed by atoms with Crippen molar-refractivity contribution in [3.8, 4) is 56.7 Å². The zero-order valence-electron chi connectivity index (χ0n) is 37.4. The molecular weight excluding hydrogens is 859 g/mol. The number of hydrogen-bond donors (Lipinski definition) is 0. The summed E-state index contributed by atoms with van der Waals surface area (Å²) in [4.78, 5) is 15.7. The van der Waals surface area contributed by atoms with Gasteiger partial charge in [-0.3, -0.25) is 0 Å². The third-order valence-corrected chi connectivity index (χ3v) is 14.0. The molecule has 0 saturated heterocycles. The first kappa shape index (κ1) is 38.5. The van der Waals surface area contributed by atoms with E-state index < -0.39 is 0 Å². The summed E-state index contributed by atoms with van der Waals surface area (Å²) >= 11 is 0. The molecule has 15 rings (SSSR count). The van der Waals surface area contributed by atoms with E-state index in [0.29, 0.717) is 17.5 Å². The van der Waals surface area contributed by atoms with Crippen molar-refractivity contribution >= 4 is 87.5 Å². The second-order valence-corrected chi connectivity index (χ2v) is 17.9. The fraction of sp³-hybridized carbons (Fsp3) is 0. The largest absolute Gasteiger partial charge is 0.456 e. The molecule has 70 heavy (non-hydrogen) atoms. The highest BCUT2D eigenvalue weighted by molar-refractivity contribution is 6.17. The number of para-hydroxylation sites is 4. The molecule has 0 aliphatic carbocycles. The highest BCUT2D eigenvalue weighted by Gasteiger charge is 2.22. The summed E-state index contributed by atoms with van der Waals surface area (Å²) < 4.78 is 18.0. The summed E-state index contributed by atoms with van der Waals surface area (Å²) in [6.45, 7) is 0. The maximum Gasteiger partial charge on any atom is 0.164 e. The molecule has 0 unspecified atom stereocenters. The average Bonchev–Trinajstić information content (AvgIpc) is 4.18. The average molecular weight is 896 g/mol. The highest BCUT2D eigenvalue weighted by atomic mass is 16.3. The minimum atomic E-state index is 0.566. The second-order valence-electron chi connectivity index (χ2n) is 17.9. The minimum Gasteiger partial charge on any atom is -0.456 e. The molecule has 326 valence electrons. The second kappa shape index (κ2) is 15.0. The monoisotopic (exact) mass is 895 g/mol. The molecule has 10 aromatic carbocycles. The van der Waals surface area contributed by atoms with Gasteiger partial charge < -0.3 is 18.0 Å². The van der Waals surface area contributed by atoms with Gasteiger partial charge >= 0.3 is 0 Å². The van der Waals surface area contributed by atoms with Gasteiger partial charge in [-0.05, 0) is 96.1 Å². The third kappa shape index (κ3) is 5.79. The number of rotatable bonds is 6. The topological polar surface area (TPSA) is 74.8 Å².